The second-order valence-electron chi connectivity index (χ2n) is 5.52. The molecule has 0 aliphatic heterocycles. The van der Waals surface area contributed by atoms with E-state index in [0.29, 0.717) is 12.1 Å². The third-order valence-corrected chi connectivity index (χ3v) is 3.64. The molecule has 1 fully saturated rings. The maximum absolute atomic E-state index is 9.55. The van der Waals surface area contributed by atoms with Crippen LogP contribution < -0.4 is 5.32 Å². The van der Waals surface area contributed by atoms with Crippen LogP contribution in [-0.4, -0.2) is 47.8 Å². The van der Waals surface area contributed by atoms with E-state index in [0.717, 1.165) is 6.54 Å². The summed E-state index contributed by atoms with van der Waals surface area (Å²) >= 11 is 0. The average Bonchev–Trinajstić information content (AvgIpc) is 3.03. The number of aliphatic hydroxyl groups is 1. The van der Waals surface area contributed by atoms with Gasteiger partial charge >= 0.3 is 0 Å². The first-order valence-corrected chi connectivity index (χ1v) is 6.63. The summed E-state index contributed by atoms with van der Waals surface area (Å²) in [5.74, 6) is 0. The molecule has 0 bridgehead atoms. The predicted molar refractivity (Wildman–Crippen MR) is 68.6 cm³/mol. The van der Waals surface area contributed by atoms with Crippen molar-refractivity contribution in [3.8, 4) is 0 Å². The van der Waals surface area contributed by atoms with Crippen molar-refractivity contribution in [1.82, 2.24) is 10.2 Å². The molecule has 0 spiro atoms. The monoisotopic (exact) mass is 228 g/mol. The van der Waals surface area contributed by atoms with Crippen LogP contribution in [0.3, 0.4) is 0 Å². The highest BCUT2D eigenvalue weighted by Gasteiger charge is 2.33. The zero-order chi connectivity index (χ0) is 12.2. The number of rotatable bonds is 8. The lowest BCUT2D eigenvalue weighted by molar-refractivity contribution is 0.107. The summed E-state index contributed by atoms with van der Waals surface area (Å²) in [7, 11) is 2.17. The molecule has 0 saturated heterocycles. The summed E-state index contributed by atoms with van der Waals surface area (Å²) in [4.78, 5) is 2.38. The number of hydrogen-bond acceptors (Lipinski definition) is 3. The quantitative estimate of drug-likeness (QED) is 0.662. The van der Waals surface area contributed by atoms with Crippen LogP contribution in [0.25, 0.3) is 0 Å². The molecule has 1 rings (SSSR count). The normalized spacial score (nSPS) is 20.4. The van der Waals surface area contributed by atoms with Gasteiger partial charge in [-0.15, -0.1) is 0 Å². The molecule has 0 aromatic rings. The van der Waals surface area contributed by atoms with Crippen LogP contribution in [0.1, 0.15) is 46.5 Å². The van der Waals surface area contributed by atoms with Gasteiger partial charge in [-0.1, -0.05) is 13.8 Å². The van der Waals surface area contributed by atoms with Gasteiger partial charge in [-0.05, 0) is 39.7 Å². The van der Waals surface area contributed by atoms with E-state index in [1.54, 1.807) is 0 Å². The zero-order valence-electron chi connectivity index (χ0n) is 11.3. The van der Waals surface area contributed by atoms with Crippen LogP contribution in [0.2, 0.25) is 0 Å². The van der Waals surface area contributed by atoms with Crippen molar-refractivity contribution in [3.63, 3.8) is 0 Å². The molecule has 0 radical (unpaired) electrons. The molecule has 2 N–H and O–H groups in total. The van der Waals surface area contributed by atoms with E-state index in [1.807, 2.05) is 0 Å². The molecule has 3 heteroatoms. The fourth-order valence-electron chi connectivity index (χ4n) is 2.45. The topological polar surface area (TPSA) is 35.5 Å². The highest BCUT2D eigenvalue weighted by atomic mass is 16.3. The van der Waals surface area contributed by atoms with Crippen LogP contribution in [0.5, 0.6) is 0 Å². The highest BCUT2D eigenvalue weighted by molar-refractivity contribution is 4.94. The molecule has 1 atom stereocenters. The Morgan fingerprint density at radius 1 is 1.38 bits per heavy atom. The first-order chi connectivity index (χ1) is 7.54. The van der Waals surface area contributed by atoms with E-state index in [1.165, 1.54) is 25.7 Å². The Morgan fingerprint density at radius 3 is 2.31 bits per heavy atom. The Labute approximate surface area is 100 Å². The van der Waals surface area contributed by atoms with E-state index < -0.39 is 0 Å². The van der Waals surface area contributed by atoms with Crippen LogP contribution in [0, 0.1) is 0 Å². The second-order valence-corrected chi connectivity index (χ2v) is 5.52. The van der Waals surface area contributed by atoms with Gasteiger partial charge in [-0.2, -0.15) is 0 Å². The summed E-state index contributed by atoms with van der Waals surface area (Å²) in [6, 6.07) is 1.28. The number of nitrogens with one attached hydrogen (secondary N) is 1. The Kier molecular flexibility index (Phi) is 5.22. The molecule has 1 unspecified atom stereocenters. The fourth-order valence-corrected chi connectivity index (χ4v) is 2.45. The second kappa shape index (κ2) is 5.99. The minimum Gasteiger partial charge on any atom is -0.394 e. The Hall–Kier alpha value is -0.120. The van der Waals surface area contributed by atoms with Crippen molar-refractivity contribution >= 4 is 0 Å². The smallest absolute Gasteiger partial charge is 0.0623 e. The predicted octanol–water partition coefficient (Wildman–Crippen LogP) is 1.61. The molecule has 3 nitrogen and oxygen atoms in total. The van der Waals surface area contributed by atoms with Crippen LogP contribution in [0.4, 0.5) is 0 Å². The molecule has 1 aliphatic rings. The Bertz CT molecular complexity index is 202. The number of nitrogens with zero attached hydrogens (tertiary/aromatic N) is 1. The van der Waals surface area contributed by atoms with Gasteiger partial charge in [0.25, 0.3) is 0 Å². The molecule has 16 heavy (non-hydrogen) atoms. The van der Waals surface area contributed by atoms with Gasteiger partial charge in [-0.3, -0.25) is 0 Å². The van der Waals surface area contributed by atoms with Crippen molar-refractivity contribution in [3.05, 3.63) is 0 Å². The molecule has 1 aliphatic carbocycles. The number of hydrogen-bond donors (Lipinski definition) is 2. The maximum Gasteiger partial charge on any atom is 0.0623 e. The lowest BCUT2D eigenvalue weighted by atomic mass is 10.0. The minimum atomic E-state index is -0.140. The lowest BCUT2D eigenvalue weighted by Crippen LogP contribution is -2.55. The molecule has 0 amide bonds. The fraction of sp³-hybridized carbons (Fsp3) is 1.00. The number of aliphatic hydroxyl groups excluding tert-OH is 1. The van der Waals surface area contributed by atoms with Gasteiger partial charge < -0.3 is 15.3 Å². The minimum absolute atomic E-state index is 0.140. The van der Waals surface area contributed by atoms with Crippen LogP contribution in [0.15, 0.2) is 0 Å². The molecule has 0 heterocycles. The SMILES string of the molecule is CCC(CC)N(C)CC(C)(CO)NC1CC1. The zero-order valence-corrected chi connectivity index (χ0v) is 11.3. The van der Waals surface area contributed by atoms with Gasteiger partial charge in [0.1, 0.15) is 0 Å². The van der Waals surface area contributed by atoms with Gasteiger partial charge in [0.15, 0.2) is 0 Å². The maximum atomic E-state index is 9.55. The largest absolute Gasteiger partial charge is 0.394 e. The van der Waals surface area contributed by atoms with Crippen LogP contribution >= 0.6 is 0 Å². The van der Waals surface area contributed by atoms with Crippen molar-refractivity contribution in [2.24, 2.45) is 0 Å². The summed E-state index contributed by atoms with van der Waals surface area (Å²) in [6.07, 6.45) is 4.89. The summed E-state index contributed by atoms with van der Waals surface area (Å²) in [5, 5.41) is 13.1. The lowest BCUT2D eigenvalue weighted by Gasteiger charge is -2.37. The van der Waals surface area contributed by atoms with Gasteiger partial charge in [0.2, 0.25) is 0 Å². The van der Waals surface area contributed by atoms with E-state index in [-0.39, 0.29) is 12.1 Å². The van der Waals surface area contributed by atoms with Gasteiger partial charge in [0, 0.05) is 18.6 Å². The summed E-state index contributed by atoms with van der Waals surface area (Å²) in [5.41, 5.74) is -0.140. The third-order valence-electron chi connectivity index (χ3n) is 3.64. The van der Waals surface area contributed by atoms with Gasteiger partial charge in [0.05, 0.1) is 12.1 Å². The van der Waals surface area contributed by atoms with Gasteiger partial charge in [-0.25, -0.2) is 0 Å². The first-order valence-electron chi connectivity index (χ1n) is 6.63. The molecule has 1 saturated carbocycles. The van der Waals surface area contributed by atoms with Crippen molar-refractivity contribution < 1.29 is 5.11 Å². The third kappa shape index (κ3) is 4.04. The summed E-state index contributed by atoms with van der Waals surface area (Å²) in [6.45, 7) is 7.73. The number of likely N-dealkylation sites (N-methyl/N-ethyl adjacent to an activating group) is 1. The summed E-state index contributed by atoms with van der Waals surface area (Å²) < 4.78 is 0. The van der Waals surface area contributed by atoms with Crippen LogP contribution in [-0.2, 0) is 0 Å². The molecular formula is C13H28N2O. The first kappa shape index (κ1) is 13.9. The van der Waals surface area contributed by atoms with E-state index >= 15 is 0 Å². The highest BCUT2D eigenvalue weighted by Crippen LogP contribution is 2.23. The Balaban J connectivity index is 2.46. The van der Waals surface area contributed by atoms with E-state index in [4.69, 9.17) is 0 Å². The van der Waals surface area contributed by atoms with E-state index in [2.05, 4.69) is 38.0 Å². The molecule has 0 aromatic carbocycles. The average molecular weight is 228 g/mol. The molecule has 0 aromatic heterocycles. The van der Waals surface area contributed by atoms with E-state index in [9.17, 15) is 5.11 Å². The molecular weight excluding hydrogens is 200 g/mol. The Morgan fingerprint density at radius 2 is 1.94 bits per heavy atom. The van der Waals surface area contributed by atoms with Crippen molar-refractivity contribution in [1.29, 1.82) is 0 Å². The standard InChI is InChI=1S/C13H28N2O/c1-5-12(6-2)15(4)9-13(3,10-16)14-11-7-8-11/h11-12,14,16H,5-10H2,1-4H3. The molecule has 96 valence electrons. The van der Waals surface area contributed by atoms with Crippen molar-refractivity contribution in [2.75, 3.05) is 20.2 Å². The van der Waals surface area contributed by atoms with Crippen molar-refractivity contribution in [2.45, 2.75) is 64.1 Å².